The largest absolute Gasteiger partial charge is 0.382 e. The molecule has 6 nitrogen and oxygen atoms in total. The number of carbonyl (C=O) groups is 2. The fourth-order valence-corrected chi connectivity index (χ4v) is 3.55. The topological polar surface area (TPSA) is 61.9 Å². The molecule has 162 valence electrons. The summed E-state index contributed by atoms with van der Waals surface area (Å²) in [6, 6.07) is 6.36. The van der Waals surface area contributed by atoms with Gasteiger partial charge >= 0.3 is 0 Å². The number of benzene rings is 1. The first-order chi connectivity index (χ1) is 14.0. The SMILES string of the molecule is CCOCCCNC(=O)C1CCN(CC(=O)N(CC)Cc2cccc(F)c2)CC1. The van der Waals surface area contributed by atoms with Crippen LogP contribution in [0, 0.1) is 11.7 Å². The number of hydrogen-bond donors (Lipinski definition) is 1. The van der Waals surface area contributed by atoms with Crippen LogP contribution in [0.15, 0.2) is 24.3 Å². The second kappa shape index (κ2) is 12.5. The number of piperidine rings is 1. The molecule has 2 amide bonds. The minimum absolute atomic E-state index is 0.0167. The molecule has 0 aromatic heterocycles. The molecule has 1 fully saturated rings. The Labute approximate surface area is 173 Å². The van der Waals surface area contributed by atoms with Crippen molar-refractivity contribution in [2.75, 3.05) is 45.9 Å². The van der Waals surface area contributed by atoms with E-state index in [2.05, 4.69) is 10.2 Å². The van der Waals surface area contributed by atoms with Crippen molar-refractivity contribution in [2.45, 2.75) is 39.7 Å². The van der Waals surface area contributed by atoms with Crippen molar-refractivity contribution in [2.24, 2.45) is 5.92 Å². The lowest BCUT2D eigenvalue weighted by Gasteiger charge is -2.32. The summed E-state index contributed by atoms with van der Waals surface area (Å²) in [5.41, 5.74) is 0.792. The van der Waals surface area contributed by atoms with Crippen molar-refractivity contribution in [1.82, 2.24) is 15.1 Å². The van der Waals surface area contributed by atoms with Gasteiger partial charge < -0.3 is 15.0 Å². The summed E-state index contributed by atoms with van der Waals surface area (Å²) in [5.74, 6) is -0.128. The number of nitrogens with zero attached hydrogens (tertiary/aromatic N) is 2. The molecule has 7 heteroatoms. The van der Waals surface area contributed by atoms with Gasteiger partial charge in [0.25, 0.3) is 0 Å². The maximum Gasteiger partial charge on any atom is 0.237 e. The van der Waals surface area contributed by atoms with Gasteiger partial charge in [-0.05, 0) is 63.9 Å². The van der Waals surface area contributed by atoms with Crippen LogP contribution in [0.5, 0.6) is 0 Å². The number of amides is 2. The van der Waals surface area contributed by atoms with Crippen LogP contribution in [-0.4, -0.2) is 67.6 Å². The molecule has 0 bridgehead atoms. The van der Waals surface area contributed by atoms with Crippen molar-refractivity contribution in [1.29, 1.82) is 0 Å². The summed E-state index contributed by atoms with van der Waals surface area (Å²) in [4.78, 5) is 28.8. The van der Waals surface area contributed by atoms with Gasteiger partial charge in [-0.2, -0.15) is 0 Å². The normalized spacial score (nSPS) is 15.3. The maximum atomic E-state index is 13.4. The standard InChI is InChI=1S/C22H34FN3O3/c1-3-26(16-18-7-5-8-20(23)15-18)21(27)17-25-12-9-19(10-13-25)22(28)24-11-6-14-29-4-2/h5,7-8,15,19H,3-4,6,9-14,16-17H2,1-2H3,(H,24,28). The highest BCUT2D eigenvalue weighted by molar-refractivity contribution is 5.79. The van der Waals surface area contributed by atoms with Crippen LogP contribution >= 0.6 is 0 Å². The van der Waals surface area contributed by atoms with E-state index < -0.39 is 0 Å². The molecule has 0 aliphatic carbocycles. The lowest BCUT2D eigenvalue weighted by molar-refractivity contribution is -0.133. The molecule has 1 N–H and O–H groups in total. The minimum Gasteiger partial charge on any atom is -0.382 e. The first kappa shape index (κ1) is 23.3. The van der Waals surface area contributed by atoms with E-state index in [1.165, 1.54) is 12.1 Å². The van der Waals surface area contributed by atoms with E-state index in [4.69, 9.17) is 4.74 Å². The zero-order chi connectivity index (χ0) is 21.1. The van der Waals surface area contributed by atoms with Gasteiger partial charge in [0.2, 0.25) is 11.8 Å². The van der Waals surface area contributed by atoms with Crippen LogP contribution in [0.3, 0.4) is 0 Å². The first-order valence-electron chi connectivity index (χ1n) is 10.6. The van der Waals surface area contributed by atoms with Crippen molar-refractivity contribution < 1.29 is 18.7 Å². The molecule has 1 heterocycles. The van der Waals surface area contributed by atoms with E-state index in [1.807, 2.05) is 19.9 Å². The van der Waals surface area contributed by atoms with Crippen molar-refractivity contribution in [3.05, 3.63) is 35.6 Å². The number of carbonyl (C=O) groups excluding carboxylic acids is 2. The number of hydrogen-bond acceptors (Lipinski definition) is 4. The molecule has 1 aromatic rings. The van der Waals surface area contributed by atoms with E-state index in [0.717, 1.165) is 37.9 Å². The minimum atomic E-state index is -0.288. The van der Waals surface area contributed by atoms with Crippen LogP contribution in [0.25, 0.3) is 0 Å². The average molecular weight is 408 g/mol. The van der Waals surface area contributed by atoms with Gasteiger partial charge in [-0.3, -0.25) is 14.5 Å². The lowest BCUT2D eigenvalue weighted by atomic mass is 9.96. The predicted molar refractivity (Wildman–Crippen MR) is 111 cm³/mol. The Morgan fingerprint density at radius 2 is 2.03 bits per heavy atom. The molecule has 0 saturated carbocycles. The highest BCUT2D eigenvalue weighted by atomic mass is 19.1. The molecule has 0 radical (unpaired) electrons. The maximum absolute atomic E-state index is 13.4. The fourth-order valence-electron chi connectivity index (χ4n) is 3.55. The molecule has 0 spiro atoms. The second-order valence-electron chi connectivity index (χ2n) is 7.43. The number of likely N-dealkylation sites (tertiary alicyclic amines) is 1. The molecular weight excluding hydrogens is 373 g/mol. The van der Waals surface area contributed by atoms with E-state index in [-0.39, 0.29) is 23.5 Å². The third-order valence-electron chi connectivity index (χ3n) is 5.28. The zero-order valence-electron chi connectivity index (χ0n) is 17.7. The van der Waals surface area contributed by atoms with Crippen molar-refractivity contribution >= 4 is 11.8 Å². The number of halogens is 1. The Morgan fingerprint density at radius 3 is 2.69 bits per heavy atom. The second-order valence-corrected chi connectivity index (χ2v) is 7.43. The third-order valence-corrected chi connectivity index (χ3v) is 5.28. The summed E-state index contributed by atoms with van der Waals surface area (Å²) in [6.45, 7) is 8.69. The van der Waals surface area contributed by atoms with E-state index >= 15 is 0 Å². The third kappa shape index (κ3) is 8.11. The van der Waals surface area contributed by atoms with E-state index in [9.17, 15) is 14.0 Å². The smallest absolute Gasteiger partial charge is 0.237 e. The van der Waals surface area contributed by atoms with Crippen LogP contribution in [0.1, 0.15) is 38.7 Å². The monoisotopic (exact) mass is 407 g/mol. The zero-order valence-corrected chi connectivity index (χ0v) is 17.7. The molecule has 1 aromatic carbocycles. The summed E-state index contributed by atoms with van der Waals surface area (Å²) >= 11 is 0. The quantitative estimate of drug-likeness (QED) is 0.573. The van der Waals surface area contributed by atoms with Gasteiger partial charge in [-0.15, -0.1) is 0 Å². The first-order valence-corrected chi connectivity index (χ1v) is 10.6. The molecule has 1 saturated heterocycles. The molecule has 1 aliphatic rings. The summed E-state index contributed by atoms with van der Waals surface area (Å²) < 4.78 is 18.7. The number of nitrogens with one attached hydrogen (secondary N) is 1. The van der Waals surface area contributed by atoms with Gasteiger partial charge in [0.15, 0.2) is 0 Å². The van der Waals surface area contributed by atoms with Crippen LogP contribution in [0.4, 0.5) is 4.39 Å². The van der Waals surface area contributed by atoms with E-state index in [0.29, 0.717) is 39.4 Å². The Morgan fingerprint density at radius 1 is 1.28 bits per heavy atom. The Hall–Kier alpha value is -1.99. The van der Waals surface area contributed by atoms with Crippen LogP contribution in [0.2, 0.25) is 0 Å². The number of likely N-dealkylation sites (N-methyl/N-ethyl adjacent to an activating group) is 1. The molecular formula is C22H34FN3O3. The van der Waals surface area contributed by atoms with Gasteiger partial charge in [0.1, 0.15) is 5.82 Å². The number of rotatable bonds is 11. The summed E-state index contributed by atoms with van der Waals surface area (Å²) in [5, 5.41) is 2.98. The highest BCUT2D eigenvalue weighted by Gasteiger charge is 2.26. The summed E-state index contributed by atoms with van der Waals surface area (Å²) in [6.07, 6.45) is 2.35. The van der Waals surface area contributed by atoms with E-state index in [1.54, 1.807) is 11.0 Å². The summed E-state index contributed by atoms with van der Waals surface area (Å²) in [7, 11) is 0. The van der Waals surface area contributed by atoms with Crippen molar-refractivity contribution in [3.63, 3.8) is 0 Å². The Kier molecular flexibility index (Phi) is 10.1. The molecule has 29 heavy (non-hydrogen) atoms. The van der Waals surface area contributed by atoms with Gasteiger partial charge in [-0.1, -0.05) is 12.1 Å². The predicted octanol–water partition coefficient (Wildman–Crippen LogP) is 2.43. The number of ether oxygens (including phenoxy) is 1. The Bertz CT molecular complexity index is 648. The fraction of sp³-hybridized carbons (Fsp3) is 0.636. The van der Waals surface area contributed by atoms with Crippen LogP contribution in [-0.2, 0) is 20.9 Å². The Balaban J connectivity index is 1.71. The average Bonchev–Trinajstić information content (AvgIpc) is 2.72. The lowest BCUT2D eigenvalue weighted by Crippen LogP contribution is -2.45. The molecule has 0 atom stereocenters. The molecule has 0 unspecified atom stereocenters. The van der Waals surface area contributed by atoms with Gasteiger partial charge in [0.05, 0.1) is 6.54 Å². The van der Waals surface area contributed by atoms with Crippen LogP contribution < -0.4 is 5.32 Å². The van der Waals surface area contributed by atoms with Crippen molar-refractivity contribution in [3.8, 4) is 0 Å². The highest BCUT2D eigenvalue weighted by Crippen LogP contribution is 2.18. The van der Waals surface area contributed by atoms with Gasteiger partial charge in [0, 0.05) is 38.8 Å². The molecule has 2 rings (SSSR count). The molecule has 1 aliphatic heterocycles. The van der Waals surface area contributed by atoms with Gasteiger partial charge in [-0.25, -0.2) is 4.39 Å².